The fourth-order valence-corrected chi connectivity index (χ4v) is 9.83. The van der Waals surface area contributed by atoms with Gasteiger partial charge in [0.2, 0.25) is 0 Å². The van der Waals surface area contributed by atoms with E-state index in [-0.39, 0.29) is 0 Å². The highest BCUT2D eigenvalue weighted by molar-refractivity contribution is 6.05. The molecule has 0 fully saturated rings. The molecule has 4 aliphatic rings. The number of hydrogen-bond acceptors (Lipinski definition) is 0. The molecule has 4 aliphatic carbocycles. The zero-order valence-electron chi connectivity index (χ0n) is 30.2. The molecule has 2 unspecified atom stereocenters. The lowest BCUT2D eigenvalue weighted by atomic mass is 9.85. The van der Waals surface area contributed by atoms with Crippen molar-refractivity contribution in [1.82, 2.24) is 9.13 Å². The van der Waals surface area contributed by atoms with Gasteiger partial charge in [-0.2, -0.15) is 0 Å². The lowest BCUT2D eigenvalue weighted by Gasteiger charge is -2.26. The first-order valence-electron chi connectivity index (χ1n) is 19.6. The van der Waals surface area contributed by atoms with Crippen LogP contribution < -0.4 is 10.4 Å². The second-order valence-corrected chi connectivity index (χ2v) is 15.5. The van der Waals surface area contributed by atoms with E-state index in [1.807, 2.05) is 0 Å². The minimum atomic E-state index is 0.336. The second kappa shape index (κ2) is 12.1. The molecular formula is C51H42N2. The van der Waals surface area contributed by atoms with Gasteiger partial charge in [-0.15, -0.1) is 0 Å². The highest BCUT2D eigenvalue weighted by atomic mass is 15.0. The Morgan fingerprint density at radius 2 is 1.28 bits per heavy atom. The number of nitrogens with zero attached hydrogens (tertiary/aromatic N) is 2. The third-order valence-electron chi connectivity index (χ3n) is 12.3. The Morgan fingerprint density at radius 3 is 2.08 bits per heavy atom. The van der Waals surface area contributed by atoms with Crippen LogP contribution >= 0.6 is 0 Å². The van der Waals surface area contributed by atoms with Crippen molar-refractivity contribution in [3.05, 3.63) is 166 Å². The highest BCUT2D eigenvalue weighted by Crippen LogP contribution is 2.40. The Labute approximate surface area is 310 Å². The normalized spacial score (nSPS) is 18.8. The van der Waals surface area contributed by atoms with Gasteiger partial charge in [-0.05, 0) is 79.3 Å². The van der Waals surface area contributed by atoms with Crippen LogP contribution in [0.15, 0.2) is 133 Å². The fourth-order valence-electron chi connectivity index (χ4n) is 9.83. The van der Waals surface area contributed by atoms with E-state index in [0.29, 0.717) is 11.8 Å². The molecule has 0 amide bonds. The van der Waals surface area contributed by atoms with E-state index in [1.54, 1.807) is 0 Å². The summed E-state index contributed by atoms with van der Waals surface area (Å²) in [5.74, 6) is 0.810. The summed E-state index contributed by atoms with van der Waals surface area (Å²) in [5, 5.41) is 8.01. The van der Waals surface area contributed by atoms with Crippen molar-refractivity contribution in [2.45, 2.75) is 45.4 Å². The number of aromatic nitrogens is 2. The summed E-state index contributed by atoms with van der Waals surface area (Å²) in [4.78, 5) is 0. The van der Waals surface area contributed by atoms with Crippen molar-refractivity contribution < 1.29 is 0 Å². The van der Waals surface area contributed by atoms with Crippen molar-refractivity contribution in [2.24, 2.45) is 11.8 Å². The van der Waals surface area contributed by atoms with Gasteiger partial charge in [-0.3, -0.25) is 0 Å². The third-order valence-corrected chi connectivity index (χ3v) is 12.3. The van der Waals surface area contributed by atoms with Crippen LogP contribution in [0.1, 0.15) is 55.1 Å². The molecule has 11 rings (SSSR count). The van der Waals surface area contributed by atoms with Crippen LogP contribution in [0.4, 0.5) is 0 Å². The van der Waals surface area contributed by atoms with E-state index >= 15 is 0 Å². The molecule has 0 bridgehead atoms. The summed E-state index contributed by atoms with van der Waals surface area (Å²) >= 11 is 0. The zero-order valence-corrected chi connectivity index (χ0v) is 30.2. The quantitative estimate of drug-likeness (QED) is 0.175. The number of allylic oxidation sites excluding steroid dienone is 6. The summed E-state index contributed by atoms with van der Waals surface area (Å²) in [6, 6.07) is 36.4. The average molecular weight is 683 g/mol. The predicted octanol–water partition coefficient (Wildman–Crippen LogP) is 11.4. The molecule has 7 aromatic rings. The first-order chi connectivity index (χ1) is 26.2. The minimum absolute atomic E-state index is 0.336. The number of hydrogen-bond donors (Lipinski definition) is 0. The van der Waals surface area contributed by atoms with Gasteiger partial charge in [0.05, 0.1) is 22.4 Å². The van der Waals surface area contributed by atoms with Crippen LogP contribution in [-0.2, 0) is 12.8 Å². The van der Waals surface area contributed by atoms with Crippen LogP contribution in [0.5, 0.6) is 0 Å². The molecule has 0 saturated carbocycles. The summed E-state index contributed by atoms with van der Waals surface area (Å²) in [6.45, 7) is 2.36. The first-order valence-corrected chi connectivity index (χ1v) is 19.6. The summed E-state index contributed by atoms with van der Waals surface area (Å²) in [6.07, 6.45) is 28.3. The van der Waals surface area contributed by atoms with Crippen LogP contribution in [0.25, 0.3) is 79.4 Å². The van der Waals surface area contributed by atoms with Gasteiger partial charge >= 0.3 is 0 Å². The topological polar surface area (TPSA) is 9.86 Å². The number of fused-ring (bicyclic) bond motifs is 8. The Bertz CT molecular complexity index is 2900. The molecule has 0 N–H and O–H groups in total. The monoisotopic (exact) mass is 682 g/mol. The predicted molar refractivity (Wildman–Crippen MR) is 225 cm³/mol. The largest absolute Gasteiger partial charge is 0.312 e. The Kier molecular flexibility index (Phi) is 7.02. The Balaban J connectivity index is 1.35. The van der Waals surface area contributed by atoms with E-state index in [1.165, 1.54) is 93.6 Å². The maximum absolute atomic E-state index is 2.67. The maximum atomic E-state index is 2.67. The standard InChI is InChI=1S/C51H42N2/c1-33-24-27-41-40-20-10-13-23-48(40)53(49(41)30-33)51-43-29-26-36(34-14-4-2-5-15-34)31-44(43)50(42-28-25-37(32-45(42)51)35-16-6-3-7-17-35)52-46-21-11-8-18-38(46)39-19-9-12-22-47(39)52/h3-4,6-11,13-21,23-25,27-29,31-33,36H,2,5,12,22,26,30H2,1H3. The van der Waals surface area contributed by atoms with Gasteiger partial charge in [0, 0.05) is 60.4 Å². The van der Waals surface area contributed by atoms with Gasteiger partial charge in [-0.1, -0.05) is 140 Å². The zero-order chi connectivity index (χ0) is 35.0. The lowest BCUT2D eigenvalue weighted by Crippen LogP contribution is -2.37. The molecule has 2 atom stereocenters. The second-order valence-electron chi connectivity index (χ2n) is 15.5. The molecule has 0 saturated heterocycles. The molecule has 0 spiro atoms. The van der Waals surface area contributed by atoms with Crippen molar-refractivity contribution in [3.8, 4) is 22.5 Å². The molecule has 2 heteroatoms. The highest BCUT2D eigenvalue weighted by Gasteiger charge is 2.28. The van der Waals surface area contributed by atoms with Gasteiger partial charge in [-0.25, -0.2) is 0 Å². The van der Waals surface area contributed by atoms with E-state index in [0.717, 1.165) is 38.5 Å². The molecular weight excluding hydrogens is 641 g/mol. The van der Waals surface area contributed by atoms with Crippen LogP contribution in [-0.4, -0.2) is 9.13 Å². The van der Waals surface area contributed by atoms with E-state index in [2.05, 4.69) is 168 Å². The SMILES string of the molecule is CC1C=Cc2c(n(-c3c4c(c(-n5c6c(c7ccccc75)C=CCC6)c5ccc(-c6ccccc6)cc35)=CC(C3=CCCC=C3)CC=4)c3ccccc23)C1. The minimum Gasteiger partial charge on any atom is -0.312 e. The maximum Gasteiger partial charge on any atom is 0.0614 e. The number of para-hydroxylation sites is 2. The third kappa shape index (κ3) is 4.71. The van der Waals surface area contributed by atoms with Crippen molar-refractivity contribution in [2.75, 3.05) is 0 Å². The summed E-state index contributed by atoms with van der Waals surface area (Å²) in [7, 11) is 0. The van der Waals surface area contributed by atoms with Crippen molar-refractivity contribution in [3.63, 3.8) is 0 Å². The lowest BCUT2D eigenvalue weighted by molar-refractivity contribution is 0.690. The fraction of sp³-hybridized carbons (Fsp3) is 0.176. The van der Waals surface area contributed by atoms with Crippen LogP contribution in [0.2, 0.25) is 0 Å². The summed E-state index contributed by atoms with van der Waals surface area (Å²) in [5.41, 5.74) is 14.8. The van der Waals surface area contributed by atoms with Gasteiger partial charge < -0.3 is 9.13 Å². The van der Waals surface area contributed by atoms with Gasteiger partial charge in [0.15, 0.2) is 0 Å². The Hall–Kier alpha value is -5.86. The van der Waals surface area contributed by atoms with E-state index in [4.69, 9.17) is 0 Å². The van der Waals surface area contributed by atoms with Crippen LogP contribution in [0, 0.1) is 11.8 Å². The molecule has 256 valence electrons. The average Bonchev–Trinajstić information content (AvgIpc) is 3.72. The summed E-state index contributed by atoms with van der Waals surface area (Å²) < 4.78 is 5.33. The molecule has 0 aliphatic heterocycles. The van der Waals surface area contributed by atoms with E-state index < -0.39 is 0 Å². The number of benzene rings is 5. The number of rotatable bonds is 4. The molecule has 0 radical (unpaired) electrons. The Morgan fingerprint density at radius 1 is 0.566 bits per heavy atom. The van der Waals surface area contributed by atoms with Crippen LogP contribution in [0.3, 0.4) is 0 Å². The smallest absolute Gasteiger partial charge is 0.0614 e. The molecule has 2 nitrogen and oxygen atoms in total. The molecule has 5 aromatic carbocycles. The van der Waals surface area contributed by atoms with E-state index in [9.17, 15) is 0 Å². The molecule has 2 aromatic heterocycles. The van der Waals surface area contributed by atoms with Gasteiger partial charge in [0.25, 0.3) is 0 Å². The molecule has 2 heterocycles. The van der Waals surface area contributed by atoms with Crippen molar-refractivity contribution >= 4 is 56.9 Å². The molecule has 53 heavy (non-hydrogen) atoms. The first kappa shape index (κ1) is 30.7. The van der Waals surface area contributed by atoms with Crippen molar-refractivity contribution in [1.29, 1.82) is 0 Å². The van der Waals surface area contributed by atoms with Gasteiger partial charge in [0.1, 0.15) is 0 Å².